The Morgan fingerprint density at radius 2 is 2.13 bits per heavy atom. The molecule has 0 aliphatic carbocycles. The fourth-order valence-corrected chi connectivity index (χ4v) is 4.95. The largest absolute Gasteiger partial charge is 0.363 e. The van der Waals surface area contributed by atoms with Gasteiger partial charge in [0.15, 0.2) is 0 Å². The van der Waals surface area contributed by atoms with Crippen LogP contribution in [0, 0.1) is 6.92 Å². The number of benzene rings is 1. The number of halogens is 1. The maximum atomic E-state index is 12.0. The Hall–Kier alpha value is -2.97. The molecule has 1 aliphatic rings. The summed E-state index contributed by atoms with van der Waals surface area (Å²) in [5.41, 5.74) is 1.84. The van der Waals surface area contributed by atoms with Gasteiger partial charge in [0, 0.05) is 33.9 Å². The zero-order valence-corrected chi connectivity index (χ0v) is 18.7. The molecule has 1 aromatic carbocycles. The normalized spacial score (nSPS) is 15.3. The lowest BCUT2D eigenvalue weighted by molar-refractivity contribution is -0.120. The second-order valence-electron chi connectivity index (χ2n) is 7.67. The van der Waals surface area contributed by atoms with Crippen LogP contribution in [0.1, 0.15) is 23.4 Å². The molecule has 1 amide bonds. The molecule has 1 aliphatic heterocycles. The van der Waals surface area contributed by atoms with Crippen molar-refractivity contribution >= 4 is 61.6 Å². The average molecular weight is 453 g/mol. The van der Waals surface area contributed by atoms with Crippen molar-refractivity contribution in [3.8, 4) is 0 Å². The van der Waals surface area contributed by atoms with E-state index in [1.165, 1.54) is 4.88 Å². The smallest absolute Gasteiger partial charge is 0.239 e. The van der Waals surface area contributed by atoms with Crippen LogP contribution in [-0.2, 0) is 4.79 Å². The molecule has 0 spiro atoms. The number of aromatic nitrogens is 3. The number of carbonyl (C=O) groups excluding carboxylic acids is 1. The lowest BCUT2D eigenvalue weighted by Crippen LogP contribution is -2.48. The predicted molar refractivity (Wildman–Crippen MR) is 126 cm³/mol. The molecule has 4 aromatic rings. The first-order chi connectivity index (χ1) is 15.0. The van der Waals surface area contributed by atoms with Gasteiger partial charge < -0.3 is 15.5 Å². The SMILES string of the molecule is Cc1cc2c(NC(C)c3cc4cc(Cl)ccc4nc3N3CCNC(=O)C3)ncnc2s1. The van der Waals surface area contributed by atoms with Crippen molar-refractivity contribution in [2.24, 2.45) is 0 Å². The Morgan fingerprint density at radius 1 is 1.26 bits per heavy atom. The molecule has 7 nitrogen and oxygen atoms in total. The maximum Gasteiger partial charge on any atom is 0.239 e. The van der Waals surface area contributed by atoms with E-state index in [2.05, 4.69) is 46.6 Å². The molecule has 0 radical (unpaired) electrons. The molecule has 2 N–H and O–H groups in total. The number of carbonyl (C=O) groups is 1. The number of rotatable bonds is 4. The Bertz CT molecular complexity index is 1310. The lowest BCUT2D eigenvalue weighted by Gasteiger charge is -2.31. The van der Waals surface area contributed by atoms with E-state index in [9.17, 15) is 4.79 Å². The fraction of sp³-hybridized carbons (Fsp3) is 0.273. The maximum absolute atomic E-state index is 12.0. The summed E-state index contributed by atoms with van der Waals surface area (Å²) in [7, 11) is 0. The number of hydrogen-bond acceptors (Lipinski definition) is 7. The summed E-state index contributed by atoms with van der Waals surface area (Å²) in [6.07, 6.45) is 1.58. The fourth-order valence-electron chi connectivity index (χ4n) is 3.92. The highest BCUT2D eigenvalue weighted by Crippen LogP contribution is 2.34. The molecule has 9 heteroatoms. The number of amides is 1. The zero-order valence-electron chi connectivity index (χ0n) is 17.1. The van der Waals surface area contributed by atoms with Gasteiger partial charge in [0.1, 0.15) is 22.8 Å². The minimum atomic E-state index is -0.103. The van der Waals surface area contributed by atoms with Gasteiger partial charge in [-0.2, -0.15) is 0 Å². The molecular formula is C22H21ClN6OS. The van der Waals surface area contributed by atoms with Crippen LogP contribution in [0.4, 0.5) is 11.6 Å². The van der Waals surface area contributed by atoms with Crippen molar-refractivity contribution in [1.29, 1.82) is 0 Å². The van der Waals surface area contributed by atoms with E-state index in [0.717, 1.165) is 38.3 Å². The second kappa shape index (κ2) is 7.94. The van der Waals surface area contributed by atoms with Crippen LogP contribution in [0.2, 0.25) is 5.02 Å². The van der Waals surface area contributed by atoms with Crippen LogP contribution in [-0.4, -0.2) is 40.5 Å². The van der Waals surface area contributed by atoms with E-state index in [1.54, 1.807) is 17.7 Å². The van der Waals surface area contributed by atoms with E-state index >= 15 is 0 Å². The third-order valence-electron chi connectivity index (χ3n) is 5.40. The summed E-state index contributed by atoms with van der Waals surface area (Å²) in [5, 5.41) is 9.05. The highest BCUT2D eigenvalue weighted by atomic mass is 35.5. The number of nitrogens with one attached hydrogen (secondary N) is 2. The van der Waals surface area contributed by atoms with Gasteiger partial charge in [-0.3, -0.25) is 4.79 Å². The van der Waals surface area contributed by atoms with E-state index in [4.69, 9.17) is 16.6 Å². The third-order valence-corrected chi connectivity index (χ3v) is 6.59. The molecular weight excluding hydrogens is 432 g/mol. The van der Waals surface area contributed by atoms with Crippen LogP contribution >= 0.6 is 22.9 Å². The zero-order chi connectivity index (χ0) is 21.5. The molecule has 0 bridgehead atoms. The first-order valence-corrected chi connectivity index (χ1v) is 11.3. The molecule has 4 heterocycles. The number of fused-ring (bicyclic) bond motifs is 2. The minimum absolute atomic E-state index is 0.00192. The van der Waals surface area contributed by atoms with Gasteiger partial charge in [0.05, 0.1) is 23.5 Å². The first-order valence-electron chi connectivity index (χ1n) is 10.1. The van der Waals surface area contributed by atoms with Crippen molar-refractivity contribution in [3.63, 3.8) is 0 Å². The van der Waals surface area contributed by atoms with Crippen LogP contribution < -0.4 is 15.5 Å². The number of thiophene rings is 1. The van der Waals surface area contributed by atoms with Crippen LogP contribution in [0.15, 0.2) is 36.7 Å². The summed E-state index contributed by atoms with van der Waals surface area (Å²) in [6, 6.07) is 9.76. The Kier molecular flexibility index (Phi) is 5.11. The van der Waals surface area contributed by atoms with Crippen molar-refractivity contribution < 1.29 is 4.79 Å². The predicted octanol–water partition coefficient (Wildman–Crippen LogP) is 4.31. The van der Waals surface area contributed by atoms with Gasteiger partial charge in [0.2, 0.25) is 5.91 Å². The summed E-state index contributed by atoms with van der Waals surface area (Å²) >= 11 is 7.88. The van der Waals surface area contributed by atoms with Crippen LogP contribution in [0.5, 0.6) is 0 Å². The molecule has 5 rings (SSSR count). The molecule has 31 heavy (non-hydrogen) atoms. The van der Waals surface area contributed by atoms with Gasteiger partial charge in [-0.25, -0.2) is 15.0 Å². The standard InChI is InChI=1S/C22H21ClN6OS/c1-12-7-17-20(25-11-26-22(17)31-12)27-13(2)16-9-14-8-15(23)3-4-18(14)28-21(16)29-6-5-24-19(30)10-29/h3-4,7-9,11,13H,5-6,10H2,1-2H3,(H,24,30)(H,25,26,27). The number of aryl methyl sites for hydroxylation is 1. The molecule has 3 aromatic heterocycles. The Balaban J connectivity index is 1.59. The van der Waals surface area contributed by atoms with Gasteiger partial charge >= 0.3 is 0 Å². The monoisotopic (exact) mass is 452 g/mol. The van der Waals surface area contributed by atoms with Crippen LogP contribution in [0.25, 0.3) is 21.1 Å². The quantitative estimate of drug-likeness (QED) is 0.480. The summed E-state index contributed by atoms with van der Waals surface area (Å²) in [5.74, 6) is 1.59. The van der Waals surface area contributed by atoms with Crippen molar-refractivity contribution in [3.05, 3.63) is 52.1 Å². The van der Waals surface area contributed by atoms with Gasteiger partial charge in [-0.05, 0) is 44.2 Å². The van der Waals surface area contributed by atoms with E-state index in [0.29, 0.717) is 18.1 Å². The molecule has 158 valence electrons. The summed E-state index contributed by atoms with van der Waals surface area (Å²) in [6.45, 7) is 5.73. The molecule has 1 saturated heterocycles. The minimum Gasteiger partial charge on any atom is -0.363 e. The lowest BCUT2D eigenvalue weighted by atomic mass is 10.0. The van der Waals surface area contributed by atoms with Crippen molar-refractivity contribution in [1.82, 2.24) is 20.3 Å². The molecule has 1 unspecified atom stereocenters. The number of piperazine rings is 1. The first kappa shape index (κ1) is 20.0. The van der Waals surface area contributed by atoms with Gasteiger partial charge in [0.25, 0.3) is 0 Å². The molecule has 1 fully saturated rings. The van der Waals surface area contributed by atoms with Crippen LogP contribution in [0.3, 0.4) is 0 Å². The Morgan fingerprint density at radius 3 is 2.97 bits per heavy atom. The summed E-state index contributed by atoms with van der Waals surface area (Å²) < 4.78 is 0. The van der Waals surface area contributed by atoms with E-state index in [1.807, 2.05) is 23.1 Å². The highest BCUT2D eigenvalue weighted by molar-refractivity contribution is 7.18. The second-order valence-corrected chi connectivity index (χ2v) is 9.35. The Labute approximate surface area is 188 Å². The molecule has 0 saturated carbocycles. The topological polar surface area (TPSA) is 83.0 Å². The average Bonchev–Trinajstić information content (AvgIpc) is 3.14. The van der Waals surface area contributed by atoms with E-state index in [-0.39, 0.29) is 18.5 Å². The van der Waals surface area contributed by atoms with E-state index < -0.39 is 0 Å². The highest BCUT2D eigenvalue weighted by Gasteiger charge is 2.24. The number of anilines is 2. The summed E-state index contributed by atoms with van der Waals surface area (Å²) in [4.78, 5) is 30.0. The third kappa shape index (κ3) is 3.88. The van der Waals surface area contributed by atoms with Gasteiger partial charge in [-0.1, -0.05) is 11.6 Å². The van der Waals surface area contributed by atoms with Crippen molar-refractivity contribution in [2.45, 2.75) is 19.9 Å². The van der Waals surface area contributed by atoms with Crippen molar-refractivity contribution in [2.75, 3.05) is 29.9 Å². The number of pyridine rings is 1. The number of nitrogens with zero attached hydrogens (tertiary/aromatic N) is 4. The molecule has 1 atom stereocenters. The van der Waals surface area contributed by atoms with Gasteiger partial charge in [-0.15, -0.1) is 11.3 Å². The number of hydrogen-bond donors (Lipinski definition) is 2.